The Bertz CT molecular complexity index is 705. The van der Waals surface area contributed by atoms with E-state index in [1.54, 1.807) is 24.3 Å². The Labute approximate surface area is 138 Å². The fourth-order valence-electron chi connectivity index (χ4n) is 1.92. The number of hydrogen-bond acceptors (Lipinski definition) is 6. The minimum absolute atomic E-state index is 0.0553. The molecule has 0 aliphatic heterocycles. The molecule has 0 fully saturated rings. The van der Waals surface area contributed by atoms with E-state index in [1.165, 1.54) is 23.6 Å². The Balaban J connectivity index is 2.21. The van der Waals surface area contributed by atoms with Crippen LogP contribution in [0.1, 0.15) is 5.56 Å². The Hall–Kier alpha value is -1.09. The molecule has 1 aromatic carbocycles. The number of thioether (sulfide) groups is 1. The lowest BCUT2D eigenvalue weighted by molar-refractivity contribution is 0.0397. The van der Waals surface area contributed by atoms with Crippen molar-refractivity contribution in [2.24, 2.45) is 0 Å². The molecule has 22 heavy (non-hydrogen) atoms. The molecule has 0 bridgehead atoms. The van der Waals surface area contributed by atoms with Crippen LogP contribution in [0.25, 0.3) is 0 Å². The van der Waals surface area contributed by atoms with Crippen molar-refractivity contribution in [1.82, 2.24) is 14.8 Å². The zero-order valence-electron chi connectivity index (χ0n) is 11.9. The summed E-state index contributed by atoms with van der Waals surface area (Å²) in [5, 5.41) is 15.5. The number of sulfone groups is 1. The van der Waals surface area contributed by atoms with Crippen molar-refractivity contribution >= 4 is 33.2 Å². The van der Waals surface area contributed by atoms with Crippen LogP contribution in [0.4, 0.5) is 0 Å². The minimum atomic E-state index is -3.10. The van der Waals surface area contributed by atoms with Crippen LogP contribution in [0, 0.1) is 0 Å². The molecule has 120 valence electrons. The highest BCUT2D eigenvalue weighted by atomic mass is 35.5. The van der Waals surface area contributed by atoms with Gasteiger partial charge in [-0.1, -0.05) is 23.7 Å². The van der Waals surface area contributed by atoms with Gasteiger partial charge in [-0.25, -0.2) is 18.1 Å². The van der Waals surface area contributed by atoms with Gasteiger partial charge in [0.15, 0.2) is 9.84 Å². The average Bonchev–Trinajstić information content (AvgIpc) is 2.90. The second-order valence-corrected chi connectivity index (χ2v) is 8.95. The van der Waals surface area contributed by atoms with E-state index in [4.69, 9.17) is 11.6 Å². The van der Waals surface area contributed by atoms with E-state index in [2.05, 4.69) is 10.1 Å². The summed E-state index contributed by atoms with van der Waals surface area (Å²) in [5.74, 6) is 0.210. The lowest BCUT2D eigenvalue weighted by Crippen LogP contribution is -2.34. The average molecular weight is 362 g/mol. The van der Waals surface area contributed by atoms with Crippen LogP contribution >= 0.6 is 23.4 Å². The largest absolute Gasteiger partial charge is 0.382 e. The highest BCUT2D eigenvalue weighted by Gasteiger charge is 2.31. The summed E-state index contributed by atoms with van der Waals surface area (Å²) in [6.07, 6.45) is 4.05. The molecule has 0 amide bonds. The Morgan fingerprint density at radius 1 is 1.36 bits per heavy atom. The lowest BCUT2D eigenvalue weighted by Gasteiger charge is -2.28. The van der Waals surface area contributed by atoms with Crippen molar-refractivity contribution in [3.63, 3.8) is 0 Å². The molecule has 0 saturated carbocycles. The number of rotatable bonds is 7. The van der Waals surface area contributed by atoms with Gasteiger partial charge in [0.2, 0.25) is 0 Å². The van der Waals surface area contributed by atoms with E-state index >= 15 is 0 Å². The molecular formula is C13H16ClN3O3S2. The monoisotopic (exact) mass is 361 g/mol. The van der Waals surface area contributed by atoms with Crippen LogP contribution in [0.2, 0.25) is 5.02 Å². The zero-order chi connectivity index (χ0) is 16.2. The normalized spacial score (nSPS) is 14.7. The van der Waals surface area contributed by atoms with Crippen molar-refractivity contribution in [1.29, 1.82) is 0 Å². The van der Waals surface area contributed by atoms with Crippen LogP contribution < -0.4 is 0 Å². The number of aliphatic hydroxyl groups is 1. The Morgan fingerprint density at radius 2 is 2.05 bits per heavy atom. The van der Waals surface area contributed by atoms with E-state index in [0.29, 0.717) is 10.6 Å². The second kappa shape index (κ2) is 6.99. The van der Waals surface area contributed by atoms with E-state index in [-0.39, 0.29) is 17.4 Å². The minimum Gasteiger partial charge on any atom is -0.382 e. The third-order valence-corrected chi connectivity index (χ3v) is 6.22. The van der Waals surface area contributed by atoms with E-state index in [0.717, 1.165) is 11.8 Å². The molecule has 0 saturated heterocycles. The summed E-state index contributed by atoms with van der Waals surface area (Å²) in [6, 6.07) is 6.81. The summed E-state index contributed by atoms with van der Waals surface area (Å²) in [6.45, 7) is 0.172. The maximum absolute atomic E-state index is 11.3. The summed E-state index contributed by atoms with van der Waals surface area (Å²) >= 11 is 7.03. The van der Waals surface area contributed by atoms with Crippen molar-refractivity contribution in [2.45, 2.75) is 12.1 Å². The molecule has 0 aliphatic carbocycles. The van der Waals surface area contributed by atoms with Crippen molar-refractivity contribution in [3.8, 4) is 0 Å². The van der Waals surface area contributed by atoms with Crippen molar-refractivity contribution in [3.05, 3.63) is 47.5 Å². The number of halogens is 1. The molecule has 1 unspecified atom stereocenters. The van der Waals surface area contributed by atoms with Crippen LogP contribution in [-0.2, 0) is 22.0 Å². The predicted molar refractivity (Wildman–Crippen MR) is 87.5 cm³/mol. The van der Waals surface area contributed by atoms with Gasteiger partial charge in [-0.2, -0.15) is 5.10 Å². The molecule has 2 aromatic rings. The SMILES string of the molecule is CS(=O)(=O)CSCC(O)(Cn1cncn1)c1ccc(Cl)cc1. The van der Waals surface area contributed by atoms with Crippen LogP contribution in [0.15, 0.2) is 36.9 Å². The van der Waals surface area contributed by atoms with Gasteiger partial charge in [-0.15, -0.1) is 11.8 Å². The molecule has 0 aliphatic rings. The second-order valence-electron chi connectivity index (χ2n) is 5.02. The summed E-state index contributed by atoms with van der Waals surface area (Å²) in [4.78, 5) is 3.85. The van der Waals surface area contributed by atoms with Crippen LogP contribution in [0.5, 0.6) is 0 Å². The van der Waals surface area contributed by atoms with Gasteiger partial charge < -0.3 is 5.11 Å². The maximum atomic E-state index is 11.3. The molecule has 1 atom stereocenters. The van der Waals surface area contributed by atoms with Gasteiger partial charge in [0.05, 0.1) is 11.6 Å². The number of hydrogen-bond donors (Lipinski definition) is 1. The number of aromatic nitrogens is 3. The third kappa shape index (κ3) is 4.98. The maximum Gasteiger partial charge on any atom is 0.156 e. The summed E-state index contributed by atoms with van der Waals surface area (Å²) < 4.78 is 24.0. The first-order valence-electron chi connectivity index (χ1n) is 6.35. The van der Waals surface area contributed by atoms with Gasteiger partial charge >= 0.3 is 0 Å². The molecule has 1 heterocycles. The fourth-order valence-corrected chi connectivity index (χ4v) is 4.19. The molecule has 6 nitrogen and oxygen atoms in total. The smallest absolute Gasteiger partial charge is 0.156 e. The van der Waals surface area contributed by atoms with E-state index in [9.17, 15) is 13.5 Å². The molecular weight excluding hydrogens is 346 g/mol. The predicted octanol–water partition coefficient (Wildman–Crippen LogP) is 1.55. The Morgan fingerprint density at radius 3 is 2.59 bits per heavy atom. The van der Waals surface area contributed by atoms with Crippen molar-refractivity contribution < 1.29 is 13.5 Å². The van der Waals surface area contributed by atoms with Crippen LogP contribution in [0.3, 0.4) is 0 Å². The quantitative estimate of drug-likeness (QED) is 0.805. The molecule has 0 radical (unpaired) electrons. The van der Waals surface area contributed by atoms with E-state index < -0.39 is 15.4 Å². The van der Waals surface area contributed by atoms with Gasteiger partial charge in [-0.05, 0) is 17.7 Å². The van der Waals surface area contributed by atoms with Gasteiger partial charge in [0.1, 0.15) is 18.3 Å². The third-order valence-electron chi connectivity index (χ3n) is 2.91. The molecule has 1 N–H and O–H groups in total. The zero-order valence-corrected chi connectivity index (χ0v) is 14.3. The first-order valence-corrected chi connectivity index (χ1v) is 9.94. The highest BCUT2D eigenvalue weighted by molar-refractivity contribution is 8.12. The Kier molecular flexibility index (Phi) is 5.49. The fraction of sp³-hybridized carbons (Fsp3) is 0.385. The first kappa shape index (κ1) is 17.3. The number of nitrogens with zero attached hydrogens (tertiary/aromatic N) is 3. The highest BCUT2D eigenvalue weighted by Crippen LogP contribution is 2.29. The summed E-state index contributed by atoms with van der Waals surface area (Å²) in [7, 11) is -3.10. The van der Waals surface area contributed by atoms with Crippen molar-refractivity contribution in [2.75, 3.05) is 17.1 Å². The molecule has 9 heteroatoms. The standard InChI is InChI=1S/C13H16ClN3O3S2/c1-22(19,20)10-21-7-13(18,6-17-9-15-8-16-17)11-2-4-12(14)5-3-11/h2-5,8-9,18H,6-7,10H2,1H3. The van der Waals surface area contributed by atoms with Gasteiger partial charge in [0, 0.05) is 17.0 Å². The molecule has 0 spiro atoms. The molecule has 2 rings (SSSR count). The lowest BCUT2D eigenvalue weighted by atomic mass is 9.96. The number of benzene rings is 1. The van der Waals surface area contributed by atoms with Crippen LogP contribution in [-0.4, -0.2) is 45.4 Å². The first-order chi connectivity index (χ1) is 10.3. The van der Waals surface area contributed by atoms with E-state index in [1.807, 2.05) is 0 Å². The topological polar surface area (TPSA) is 85.1 Å². The molecule has 1 aromatic heterocycles. The summed E-state index contributed by atoms with van der Waals surface area (Å²) in [5.41, 5.74) is -0.624. The van der Waals surface area contributed by atoms with Gasteiger partial charge in [-0.3, -0.25) is 0 Å². The van der Waals surface area contributed by atoms with Gasteiger partial charge in [0.25, 0.3) is 0 Å².